The van der Waals surface area contributed by atoms with Gasteiger partial charge in [0.1, 0.15) is 12.8 Å². The Hall–Kier alpha value is -2.01. The molecule has 21 heavy (non-hydrogen) atoms. The Bertz CT molecular complexity index is 641. The lowest BCUT2D eigenvalue weighted by Crippen LogP contribution is -2.05. The minimum absolute atomic E-state index is 0.159. The minimum Gasteiger partial charge on any atom is -0.390 e. The number of rotatable bonds is 4. The highest BCUT2D eigenvalue weighted by atomic mass is 35.5. The van der Waals surface area contributed by atoms with Crippen LogP contribution in [0.4, 0.5) is 13.2 Å². The maximum Gasteiger partial charge on any atom is 0.416 e. The summed E-state index contributed by atoms with van der Waals surface area (Å²) in [4.78, 5) is 4.98. The van der Waals surface area contributed by atoms with Crippen molar-refractivity contribution < 1.29 is 18.0 Å². The lowest BCUT2D eigenvalue weighted by atomic mass is 10.1. The van der Waals surface area contributed by atoms with Gasteiger partial charge in [-0.25, -0.2) is 0 Å². The molecule has 1 radical (unpaired) electrons. The summed E-state index contributed by atoms with van der Waals surface area (Å²) in [5.74, 6) is 0. The monoisotopic (exact) mass is 312 g/mol. The number of hydrogen-bond donors (Lipinski definition) is 0. The molecule has 2 aromatic rings. The Labute approximate surface area is 124 Å². The Morgan fingerprint density at radius 2 is 1.86 bits per heavy atom. The van der Waals surface area contributed by atoms with Crippen LogP contribution in [0.1, 0.15) is 16.7 Å². The fourth-order valence-electron chi connectivity index (χ4n) is 1.58. The highest BCUT2D eigenvalue weighted by Gasteiger charge is 2.30. The Morgan fingerprint density at radius 3 is 2.57 bits per heavy atom. The molecule has 0 heterocycles. The third kappa shape index (κ3) is 4.79. The first kappa shape index (κ1) is 15.4. The Kier molecular flexibility index (Phi) is 4.85. The van der Waals surface area contributed by atoms with Crippen LogP contribution in [0, 0.1) is 0 Å². The van der Waals surface area contributed by atoms with E-state index in [4.69, 9.17) is 16.4 Å². The Morgan fingerprint density at radius 1 is 1.10 bits per heavy atom. The Balaban J connectivity index is 1.96. The molecular weight excluding hydrogens is 303 g/mol. The summed E-state index contributed by atoms with van der Waals surface area (Å²) < 4.78 is 37.5. The average molecular weight is 313 g/mol. The zero-order valence-corrected chi connectivity index (χ0v) is 11.4. The van der Waals surface area contributed by atoms with Crippen LogP contribution in [0.25, 0.3) is 0 Å². The summed E-state index contributed by atoms with van der Waals surface area (Å²) in [6.07, 6.45) is -1.98. The van der Waals surface area contributed by atoms with E-state index in [0.717, 1.165) is 17.7 Å². The van der Waals surface area contributed by atoms with Crippen molar-refractivity contribution in [3.8, 4) is 0 Å². The van der Waals surface area contributed by atoms with Gasteiger partial charge in [-0.15, -0.1) is 0 Å². The summed E-state index contributed by atoms with van der Waals surface area (Å²) in [6, 6.07) is 11.7. The van der Waals surface area contributed by atoms with Gasteiger partial charge in [0.2, 0.25) is 0 Å². The fraction of sp³-hybridized carbons (Fsp3) is 0.133. The van der Waals surface area contributed by atoms with Gasteiger partial charge >= 0.3 is 6.18 Å². The number of nitrogens with zero attached hydrogens (tertiary/aromatic N) is 1. The topological polar surface area (TPSA) is 21.6 Å². The summed E-state index contributed by atoms with van der Waals surface area (Å²) in [5, 5.41) is 4.10. The molecule has 6 heteroatoms. The molecule has 2 rings (SSSR count). The highest BCUT2D eigenvalue weighted by molar-refractivity contribution is 6.30. The van der Waals surface area contributed by atoms with E-state index in [0.29, 0.717) is 5.02 Å². The van der Waals surface area contributed by atoms with Crippen molar-refractivity contribution in [2.45, 2.75) is 12.8 Å². The minimum atomic E-state index is -4.39. The first-order valence-corrected chi connectivity index (χ1v) is 6.33. The normalized spacial score (nSPS) is 11.8. The van der Waals surface area contributed by atoms with E-state index in [1.54, 1.807) is 24.3 Å². The maximum absolute atomic E-state index is 12.5. The molecule has 2 aromatic carbocycles. The molecule has 0 saturated carbocycles. The molecule has 0 unspecified atom stereocenters. The van der Waals surface area contributed by atoms with Gasteiger partial charge in [0.25, 0.3) is 0 Å². The van der Waals surface area contributed by atoms with Gasteiger partial charge in [-0.1, -0.05) is 41.0 Å². The van der Waals surface area contributed by atoms with E-state index in [-0.39, 0.29) is 12.2 Å². The van der Waals surface area contributed by atoms with E-state index < -0.39 is 11.7 Å². The van der Waals surface area contributed by atoms with Crippen LogP contribution in [0.15, 0.2) is 53.7 Å². The second-order valence-corrected chi connectivity index (χ2v) is 4.62. The number of alkyl halides is 3. The van der Waals surface area contributed by atoms with Crippen molar-refractivity contribution in [2.24, 2.45) is 5.16 Å². The molecule has 0 aliphatic rings. The molecule has 0 aromatic heterocycles. The van der Waals surface area contributed by atoms with Crippen molar-refractivity contribution in [3.63, 3.8) is 0 Å². The molecule has 0 aliphatic heterocycles. The maximum atomic E-state index is 12.5. The van der Waals surface area contributed by atoms with Gasteiger partial charge in [-0.2, -0.15) is 13.2 Å². The van der Waals surface area contributed by atoms with Crippen molar-refractivity contribution in [2.75, 3.05) is 0 Å². The standard InChI is InChI=1S/C15H10ClF3NO/c16-14-6-2-4-12(8-14)10-21-20-9-11-3-1-5-13(7-11)15(17,18)19/h1-8H,10H2. The van der Waals surface area contributed by atoms with Crippen LogP contribution >= 0.6 is 11.6 Å². The lowest BCUT2D eigenvalue weighted by Gasteiger charge is -2.06. The molecule has 0 aliphatic carbocycles. The van der Waals surface area contributed by atoms with Gasteiger partial charge in [0.05, 0.1) is 5.56 Å². The molecule has 2 nitrogen and oxygen atoms in total. The largest absolute Gasteiger partial charge is 0.416 e. The van der Waals surface area contributed by atoms with E-state index in [2.05, 4.69) is 11.4 Å². The van der Waals surface area contributed by atoms with Crippen LogP contribution in [-0.4, -0.2) is 6.21 Å². The second kappa shape index (κ2) is 6.63. The van der Waals surface area contributed by atoms with Crippen molar-refractivity contribution in [1.29, 1.82) is 0 Å². The van der Waals surface area contributed by atoms with Crippen molar-refractivity contribution in [3.05, 3.63) is 70.2 Å². The summed E-state index contributed by atoms with van der Waals surface area (Å²) in [6.45, 7) is 0.159. The molecule has 0 saturated heterocycles. The van der Waals surface area contributed by atoms with Gasteiger partial charge in [-0.05, 0) is 29.8 Å². The summed E-state index contributed by atoms with van der Waals surface area (Å²) >= 11 is 5.81. The molecule has 0 amide bonds. The summed E-state index contributed by atoms with van der Waals surface area (Å²) in [7, 11) is 0. The smallest absolute Gasteiger partial charge is 0.390 e. The zero-order chi connectivity index (χ0) is 15.3. The van der Waals surface area contributed by atoms with E-state index in [9.17, 15) is 13.2 Å². The molecule has 0 N–H and O–H groups in total. The molecule has 0 atom stereocenters. The van der Waals surface area contributed by atoms with Gasteiger partial charge in [-0.3, -0.25) is 0 Å². The van der Waals surface area contributed by atoms with E-state index in [1.165, 1.54) is 12.1 Å². The zero-order valence-electron chi connectivity index (χ0n) is 10.7. The third-order valence-corrected chi connectivity index (χ3v) is 2.78. The van der Waals surface area contributed by atoms with Crippen LogP contribution < -0.4 is 0 Å². The molecule has 0 bridgehead atoms. The van der Waals surface area contributed by atoms with E-state index in [1.807, 2.05) is 0 Å². The fourth-order valence-corrected chi connectivity index (χ4v) is 1.80. The quantitative estimate of drug-likeness (QED) is 0.588. The van der Waals surface area contributed by atoms with Crippen LogP contribution in [0.5, 0.6) is 0 Å². The molecule has 0 spiro atoms. The van der Waals surface area contributed by atoms with Crippen LogP contribution in [0.3, 0.4) is 0 Å². The van der Waals surface area contributed by atoms with Gasteiger partial charge in [0.15, 0.2) is 0 Å². The van der Waals surface area contributed by atoms with E-state index >= 15 is 0 Å². The molecular formula is C15H10ClF3NO. The predicted molar refractivity (Wildman–Crippen MR) is 74.2 cm³/mol. The van der Waals surface area contributed by atoms with Crippen molar-refractivity contribution in [1.82, 2.24) is 0 Å². The van der Waals surface area contributed by atoms with Crippen LogP contribution in [0.2, 0.25) is 5.02 Å². The predicted octanol–water partition coefficient (Wildman–Crippen LogP) is 4.79. The second-order valence-electron chi connectivity index (χ2n) is 4.19. The number of halogens is 4. The lowest BCUT2D eigenvalue weighted by molar-refractivity contribution is -0.137. The molecule has 0 fully saturated rings. The summed E-state index contributed by atoms with van der Waals surface area (Å²) in [5.41, 5.74) is 0.241. The van der Waals surface area contributed by atoms with Gasteiger partial charge < -0.3 is 4.84 Å². The third-order valence-electron chi connectivity index (χ3n) is 2.55. The molecule has 109 valence electrons. The first-order chi connectivity index (χ1) is 9.95. The van der Waals surface area contributed by atoms with Gasteiger partial charge in [0, 0.05) is 10.6 Å². The number of hydrogen-bond acceptors (Lipinski definition) is 2. The number of benzene rings is 2. The highest BCUT2D eigenvalue weighted by Crippen LogP contribution is 2.29. The van der Waals surface area contributed by atoms with Crippen LogP contribution in [-0.2, 0) is 17.6 Å². The first-order valence-electron chi connectivity index (χ1n) is 5.95. The average Bonchev–Trinajstić information content (AvgIpc) is 2.43. The van der Waals surface area contributed by atoms with Crippen molar-refractivity contribution >= 4 is 17.8 Å². The SMILES string of the molecule is FC(F)(F)c1cccc(/[C]=N\OCc2cccc(Cl)c2)c1.